The third kappa shape index (κ3) is 3.59. The summed E-state index contributed by atoms with van der Waals surface area (Å²) in [6, 6.07) is 6.22. The van der Waals surface area contributed by atoms with Crippen molar-refractivity contribution in [2.75, 3.05) is 0 Å². The van der Waals surface area contributed by atoms with Crippen LogP contribution in [0.25, 0.3) is 0 Å². The van der Waals surface area contributed by atoms with Crippen LogP contribution < -0.4 is 0 Å². The van der Waals surface area contributed by atoms with Crippen molar-refractivity contribution in [3.05, 3.63) is 41.2 Å². The summed E-state index contributed by atoms with van der Waals surface area (Å²) >= 11 is 0. The quantitative estimate of drug-likeness (QED) is 0.567. The van der Waals surface area contributed by atoms with Crippen LogP contribution in [0.15, 0.2) is 29.8 Å². The summed E-state index contributed by atoms with van der Waals surface area (Å²) in [7, 11) is 0. The topological polar surface area (TPSA) is 53.4 Å². The van der Waals surface area contributed by atoms with E-state index in [1.54, 1.807) is 5.57 Å². The fourth-order valence-electron chi connectivity index (χ4n) is 8.96. The van der Waals surface area contributed by atoms with Gasteiger partial charge in [0.15, 0.2) is 0 Å². The van der Waals surface area contributed by atoms with Crippen LogP contribution in [0.3, 0.4) is 0 Å². The van der Waals surface area contributed by atoms with Gasteiger partial charge in [-0.1, -0.05) is 31.6 Å². The first-order valence-corrected chi connectivity index (χ1v) is 13.2. The van der Waals surface area contributed by atoms with Gasteiger partial charge < -0.3 is 10.2 Å². The normalized spacial score (nSPS) is 42.9. The Balaban J connectivity index is 1.34. The van der Waals surface area contributed by atoms with Gasteiger partial charge in [0.2, 0.25) is 0 Å². The summed E-state index contributed by atoms with van der Waals surface area (Å²) in [5, 5.41) is 22.0. The van der Waals surface area contributed by atoms with E-state index in [4.69, 9.17) is 0 Å². The fraction of sp³-hybridized carbons (Fsp3) is 0.759. The molecule has 0 bridgehead atoms. The molecule has 0 radical (unpaired) electrons. The average molecular weight is 438 g/mol. The Morgan fingerprint density at radius 2 is 1.91 bits per heavy atom. The highest BCUT2D eigenvalue weighted by atomic mass is 16.3. The monoisotopic (exact) mass is 437 g/mol. The van der Waals surface area contributed by atoms with Crippen LogP contribution in [0.2, 0.25) is 0 Å². The number of aromatic nitrogens is 1. The maximum Gasteiger partial charge on any atom is 0.0656 e. The molecule has 0 aromatic carbocycles. The fourth-order valence-corrected chi connectivity index (χ4v) is 8.96. The molecule has 32 heavy (non-hydrogen) atoms. The van der Waals surface area contributed by atoms with Gasteiger partial charge in [0.05, 0.1) is 11.7 Å². The summed E-state index contributed by atoms with van der Waals surface area (Å²) in [5.74, 6) is 2.60. The maximum atomic E-state index is 11.7. The zero-order chi connectivity index (χ0) is 22.7. The van der Waals surface area contributed by atoms with Crippen molar-refractivity contribution in [1.29, 1.82) is 0 Å². The molecule has 1 aromatic rings. The van der Waals surface area contributed by atoms with E-state index in [9.17, 15) is 10.2 Å². The smallest absolute Gasteiger partial charge is 0.0656 e. The minimum Gasteiger partial charge on any atom is -0.393 e. The van der Waals surface area contributed by atoms with Gasteiger partial charge in [-0.3, -0.25) is 4.98 Å². The Morgan fingerprint density at radius 3 is 2.69 bits per heavy atom. The summed E-state index contributed by atoms with van der Waals surface area (Å²) in [6.07, 6.45) is 13.2. The van der Waals surface area contributed by atoms with Crippen molar-refractivity contribution >= 4 is 0 Å². The number of nitrogens with zero attached hydrogens (tertiary/aromatic N) is 1. The minimum absolute atomic E-state index is 0.131. The Labute approximate surface area is 194 Å². The van der Waals surface area contributed by atoms with Crippen LogP contribution in [-0.2, 0) is 6.42 Å². The number of rotatable bonds is 4. The highest BCUT2D eigenvalue weighted by molar-refractivity contribution is 5.25. The summed E-state index contributed by atoms with van der Waals surface area (Å²) in [6.45, 7) is 9.16. The highest BCUT2D eigenvalue weighted by Crippen LogP contribution is 2.67. The number of hydrogen-bond acceptors (Lipinski definition) is 3. The van der Waals surface area contributed by atoms with Crippen molar-refractivity contribution in [2.24, 2.45) is 34.5 Å². The van der Waals surface area contributed by atoms with E-state index in [0.29, 0.717) is 11.3 Å². The first-order valence-electron chi connectivity index (χ1n) is 13.2. The standard InChI is InChI=1S/C29H43NO2/c1-19-6-5-7-21(30-19)12-17-29(4,32)26-11-10-24-23-9-8-20-18-22(31)13-15-27(20,2)25(23)14-16-28(24,26)3/h5-8,22-26,31-32H,9-18H2,1-4H3/t22-,23-,24-,25-,26-,27-,28-,29+/m0/s1. The van der Waals surface area contributed by atoms with Crippen LogP contribution in [-0.4, -0.2) is 26.9 Å². The SMILES string of the molecule is Cc1cccc(CC[C@@](C)(O)[C@H]2CC[C@H]3[C@@H]4CC=C5C[C@@H](O)CC[C@]5(C)[C@H]4CC[C@@]32C)n1. The zero-order valence-electron chi connectivity index (χ0n) is 20.6. The number of pyridine rings is 1. The summed E-state index contributed by atoms with van der Waals surface area (Å²) < 4.78 is 0. The van der Waals surface area contributed by atoms with Gasteiger partial charge in [0.25, 0.3) is 0 Å². The molecule has 4 aliphatic carbocycles. The largest absolute Gasteiger partial charge is 0.393 e. The van der Waals surface area contributed by atoms with E-state index in [0.717, 1.165) is 67.7 Å². The second-order valence-electron chi connectivity index (χ2n) is 12.5. The lowest BCUT2D eigenvalue weighted by molar-refractivity contribution is -0.104. The van der Waals surface area contributed by atoms with E-state index in [2.05, 4.69) is 44.0 Å². The lowest BCUT2D eigenvalue weighted by atomic mass is 9.46. The number of aryl methyl sites for hydroxylation is 2. The van der Waals surface area contributed by atoms with Gasteiger partial charge in [0.1, 0.15) is 0 Å². The summed E-state index contributed by atoms with van der Waals surface area (Å²) in [4.78, 5) is 4.67. The van der Waals surface area contributed by atoms with E-state index in [1.807, 2.05) is 13.0 Å². The average Bonchev–Trinajstić information content (AvgIpc) is 3.11. The molecule has 4 aliphatic rings. The zero-order valence-corrected chi connectivity index (χ0v) is 20.6. The molecule has 3 fully saturated rings. The van der Waals surface area contributed by atoms with E-state index < -0.39 is 5.60 Å². The van der Waals surface area contributed by atoms with Crippen LogP contribution in [0.1, 0.15) is 89.9 Å². The van der Waals surface area contributed by atoms with E-state index in [1.165, 1.54) is 25.7 Å². The number of aliphatic hydroxyl groups is 2. The third-order valence-corrected chi connectivity index (χ3v) is 10.7. The molecule has 0 saturated heterocycles. The van der Waals surface area contributed by atoms with Crippen molar-refractivity contribution < 1.29 is 10.2 Å². The van der Waals surface area contributed by atoms with Gasteiger partial charge in [-0.25, -0.2) is 0 Å². The lowest BCUT2D eigenvalue weighted by Crippen LogP contribution is -2.53. The molecule has 0 spiro atoms. The Bertz CT molecular complexity index is 891. The van der Waals surface area contributed by atoms with Gasteiger partial charge in [-0.15, -0.1) is 0 Å². The molecule has 1 heterocycles. The van der Waals surface area contributed by atoms with Crippen LogP contribution in [0.4, 0.5) is 0 Å². The maximum absolute atomic E-state index is 11.7. The van der Waals surface area contributed by atoms with Gasteiger partial charge in [-0.05, 0) is 125 Å². The van der Waals surface area contributed by atoms with Crippen molar-refractivity contribution in [3.8, 4) is 0 Å². The van der Waals surface area contributed by atoms with Gasteiger partial charge >= 0.3 is 0 Å². The van der Waals surface area contributed by atoms with E-state index >= 15 is 0 Å². The third-order valence-electron chi connectivity index (χ3n) is 10.7. The Morgan fingerprint density at radius 1 is 1.09 bits per heavy atom. The minimum atomic E-state index is -0.643. The van der Waals surface area contributed by atoms with Gasteiger partial charge in [-0.2, -0.15) is 0 Å². The molecule has 1 aromatic heterocycles. The molecule has 0 unspecified atom stereocenters. The second-order valence-corrected chi connectivity index (χ2v) is 12.5. The lowest BCUT2D eigenvalue weighted by Gasteiger charge is -2.59. The molecule has 0 amide bonds. The number of hydrogen-bond donors (Lipinski definition) is 2. The van der Waals surface area contributed by atoms with Gasteiger partial charge in [0, 0.05) is 11.4 Å². The van der Waals surface area contributed by atoms with E-state index in [-0.39, 0.29) is 11.5 Å². The Hall–Kier alpha value is -1.19. The molecule has 5 rings (SSSR count). The molecular formula is C29H43NO2. The molecule has 176 valence electrons. The van der Waals surface area contributed by atoms with Crippen molar-refractivity contribution in [2.45, 2.75) is 104 Å². The molecular weight excluding hydrogens is 394 g/mol. The summed E-state index contributed by atoms with van der Waals surface area (Å²) in [5.41, 5.74) is 3.60. The number of fused-ring (bicyclic) bond motifs is 5. The first-order chi connectivity index (χ1) is 15.1. The number of aliphatic hydroxyl groups excluding tert-OH is 1. The highest BCUT2D eigenvalue weighted by Gasteiger charge is 2.61. The van der Waals surface area contributed by atoms with Crippen molar-refractivity contribution in [1.82, 2.24) is 4.98 Å². The predicted molar refractivity (Wildman–Crippen MR) is 129 cm³/mol. The van der Waals surface area contributed by atoms with Crippen LogP contribution >= 0.6 is 0 Å². The predicted octanol–water partition coefficient (Wildman–Crippen LogP) is 6.01. The number of allylic oxidation sites excluding steroid dienone is 1. The second kappa shape index (κ2) is 7.94. The first kappa shape index (κ1) is 22.6. The molecule has 3 saturated carbocycles. The molecule has 0 aliphatic heterocycles. The molecule has 3 heteroatoms. The Kier molecular flexibility index (Phi) is 5.61. The molecule has 8 atom stereocenters. The molecule has 2 N–H and O–H groups in total. The van der Waals surface area contributed by atoms with Crippen molar-refractivity contribution in [3.63, 3.8) is 0 Å². The van der Waals surface area contributed by atoms with Crippen LogP contribution in [0.5, 0.6) is 0 Å². The van der Waals surface area contributed by atoms with Crippen LogP contribution in [0, 0.1) is 41.4 Å². The molecule has 3 nitrogen and oxygen atoms in total.